The maximum Gasteiger partial charge on any atom is 0.295 e. The molecule has 0 aliphatic carbocycles. The van der Waals surface area contributed by atoms with Crippen LogP contribution in [0.4, 0.5) is 5.69 Å². The number of aliphatic imine (C=N–C) groups is 1. The maximum absolute atomic E-state index is 11.3. The third-order valence-electron chi connectivity index (χ3n) is 2.64. The van der Waals surface area contributed by atoms with Crippen LogP contribution in [-0.4, -0.2) is 19.7 Å². The molecule has 0 fully saturated rings. The Balaban J connectivity index is 3.04. The molecule has 5 heteroatoms. The van der Waals surface area contributed by atoms with Crippen molar-refractivity contribution < 1.29 is 13.0 Å². The number of hydrogen-bond acceptors (Lipinski definition) is 3. The molecule has 88 valence electrons. The average molecular weight is 249 g/mol. The minimum absolute atomic E-state index is 0.0991. The van der Waals surface area contributed by atoms with Crippen molar-refractivity contribution in [3.8, 4) is 0 Å². The van der Waals surface area contributed by atoms with E-state index in [9.17, 15) is 13.0 Å². The SMILES string of the molecule is C=Nc1ccc(C)c2c(S(=O)(=O)O)cccc12. The van der Waals surface area contributed by atoms with Crippen molar-refractivity contribution in [3.63, 3.8) is 0 Å². The van der Waals surface area contributed by atoms with Gasteiger partial charge >= 0.3 is 0 Å². The number of fused-ring (bicyclic) bond motifs is 1. The van der Waals surface area contributed by atoms with Crippen LogP contribution >= 0.6 is 0 Å². The molecule has 0 spiro atoms. The van der Waals surface area contributed by atoms with Crippen LogP contribution < -0.4 is 0 Å². The van der Waals surface area contributed by atoms with Crippen LogP contribution in [0.5, 0.6) is 0 Å². The largest absolute Gasteiger partial charge is 0.295 e. The Labute approximate surface area is 99.4 Å². The van der Waals surface area contributed by atoms with Gasteiger partial charge in [-0.05, 0) is 31.3 Å². The molecule has 0 amide bonds. The fraction of sp³-hybridized carbons (Fsp3) is 0.0833. The number of rotatable bonds is 2. The van der Waals surface area contributed by atoms with E-state index < -0.39 is 10.1 Å². The number of nitrogens with zero attached hydrogens (tertiary/aromatic N) is 1. The summed E-state index contributed by atoms with van der Waals surface area (Å²) in [6, 6.07) is 8.21. The first-order valence-corrected chi connectivity index (χ1v) is 6.35. The molecule has 1 N–H and O–H groups in total. The van der Waals surface area contributed by atoms with Gasteiger partial charge in [0.05, 0.1) is 5.69 Å². The Morgan fingerprint density at radius 2 is 1.94 bits per heavy atom. The fourth-order valence-corrected chi connectivity index (χ4v) is 2.66. The summed E-state index contributed by atoms with van der Waals surface area (Å²) in [4.78, 5) is 3.74. The van der Waals surface area contributed by atoms with E-state index in [-0.39, 0.29) is 4.90 Å². The van der Waals surface area contributed by atoms with E-state index in [0.717, 1.165) is 5.56 Å². The summed E-state index contributed by atoms with van der Waals surface area (Å²) < 4.78 is 31.8. The highest BCUT2D eigenvalue weighted by molar-refractivity contribution is 7.86. The molecule has 0 aromatic heterocycles. The van der Waals surface area contributed by atoms with Gasteiger partial charge in [0.1, 0.15) is 4.90 Å². The van der Waals surface area contributed by atoms with Crippen LogP contribution in [0.2, 0.25) is 0 Å². The van der Waals surface area contributed by atoms with Crippen molar-refractivity contribution in [1.29, 1.82) is 0 Å². The van der Waals surface area contributed by atoms with E-state index in [1.54, 1.807) is 31.2 Å². The van der Waals surface area contributed by atoms with Gasteiger partial charge in [0.2, 0.25) is 0 Å². The summed E-state index contributed by atoms with van der Waals surface area (Å²) in [7, 11) is -4.24. The van der Waals surface area contributed by atoms with Gasteiger partial charge in [0, 0.05) is 10.8 Å². The van der Waals surface area contributed by atoms with Crippen molar-refractivity contribution in [2.45, 2.75) is 11.8 Å². The summed E-state index contributed by atoms with van der Waals surface area (Å²) in [5.41, 5.74) is 1.36. The van der Waals surface area contributed by atoms with Crippen LogP contribution in [0.3, 0.4) is 0 Å². The van der Waals surface area contributed by atoms with Crippen LogP contribution in [0.1, 0.15) is 5.56 Å². The highest BCUT2D eigenvalue weighted by Gasteiger charge is 2.16. The predicted octanol–water partition coefficient (Wildman–Crippen LogP) is 2.73. The molecule has 0 aliphatic heterocycles. The van der Waals surface area contributed by atoms with E-state index in [2.05, 4.69) is 11.7 Å². The van der Waals surface area contributed by atoms with E-state index in [1.807, 2.05) is 0 Å². The molecule has 0 atom stereocenters. The first kappa shape index (κ1) is 11.8. The Kier molecular flexibility index (Phi) is 2.73. The average Bonchev–Trinajstić information content (AvgIpc) is 2.28. The molecule has 0 aliphatic rings. The second-order valence-electron chi connectivity index (χ2n) is 3.71. The van der Waals surface area contributed by atoms with Crippen molar-refractivity contribution in [2.75, 3.05) is 0 Å². The van der Waals surface area contributed by atoms with Gasteiger partial charge in [-0.15, -0.1) is 0 Å². The molecular weight excluding hydrogens is 238 g/mol. The maximum atomic E-state index is 11.3. The lowest BCUT2D eigenvalue weighted by molar-refractivity contribution is 0.484. The van der Waals surface area contributed by atoms with Crippen molar-refractivity contribution in [3.05, 3.63) is 35.9 Å². The van der Waals surface area contributed by atoms with Crippen LogP contribution in [0.15, 0.2) is 40.2 Å². The minimum atomic E-state index is -4.24. The molecule has 0 unspecified atom stereocenters. The first-order valence-electron chi connectivity index (χ1n) is 4.91. The summed E-state index contributed by atoms with van der Waals surface area (Å²) in [6.07, 6.45) is 0. The molecule has 2 aromatic carbocycles. The van der Waals surface area contributed by atoms with Gasteiger partial charge in [0.15, 0.2) is 0 Å². The molecular formula is C12H11NO3S. The molecule has 4 nitrogen and oxygen atoms in total. The van der Waals surface area contributed by atoms with Crippen molar-refractivity contribution >= 4 is 33.3 Å². The lowest BCUT2D eigenvalue weighted by atomic mass is 10.0. The molecule has 0 bridgehead atoms. The van der Waals surface area contributed by atoms with Crippen molar-refractivity contribution in [2.24, 2.45) is 4.99 Å². The Morgan fingerprint density at radius 3 is 2.53 bits per heavy atom. The molecule has 0 radical (unpaired) electrons. The zero-order valence-electron chi connectivity index (χ0n) is 9.21. The number of benzene rings is 2. The third-order valence-corrected chi connectivity index (χ3v) is 3.53. The van der Waals surface area contributed by atoms with Gasteiger partial charge in [-0.2, -0.15) is 8.42 Å². The summed E-state index contributed by atoms with van der Waals surface area (Å²) in [6.45, 7) is 5.22. The molecule has 0 heterocycles. The minimum Gasteiger partial charge on any atom is -0.282 e. The lowest BCUT2D eigenvalue weighted by Crippen LogP contribution is -1.99. The molecule has 17 heavy (non-hydrogen) atoms. The normalized spacial score (nSPS) is 11.6. The predicted molar refractivity (Wildman–Crippen MR) is 67.7 cm³/mol. The van der Waals surface area contributed by atoms with Gasteiger partial charge in [-0.1, -0.05) is 18.2 Å². The lowest BCUT2D eigenvalue weighted by Gasteiger charge is -2.08. The highest BCUT2D eigenvalue weighted by Crippen LogP contribution is 2.32. The Bertz CT molecular complexity index is 705. The monoisotopic (exact) mass is 249 g/mol. The van der Waals surface area contributed by atoms with Crippen LogP contribution in [0, 0.1) is 6.92 Å². The van der Waals surface area contributed by atoms with E-state index in [4.69, 9.17) is 0 Å². The van der Waals surface area contributed by atoms with Gasteiger partial charge < -0.3 is 0 Å². The van der Waals surface area contributed by atoms with Gasteiger partial charge in [-0.25, -0.2) is 0 Å². The quantitative estimate of drug-likeness (QED) is 0.657. The second-order valence-corrected chi connectivity index (χ2v) is 5.10. The number of aryl methyl sites for hydroxylation is 1. The molecule has 0 saturated heterocycles. The third kappa shape index (κ3) is 1.94. The summed E-state index contributed by atoms with van der Waals surface area (Å²) in [5.74, 6) is 0. The van der Waals surface area contributed by atoms with Gasteiger partial charge in [-0.3, -0.25) is 9.55 Å². The topological polar surface area (TPSA) is 66.7 Å². The van der Waals surface area contributed by atoms with Crippen molar-refractivity contribution in [1.82, 2.24) is 0 Å². The van der Waals surface area contributed by atoms with E-state index in [0.29, 0.717) is 16.5 Å². The smallest absolute Gasteiger partial charge is 0.282 e. The van der Waals surface area contributed by atoms with E-state index in [1.165, 1.54) is 6.07 Å². The highest BCUT2D eigenvalue weighted by atomic mass is 32.2. The molecule has 0 saturated carbocycles. The zero-order valence-corrected chi connectivity index (χ0v) is 10.0. The first-order chi connectivity index (χ1) is 7.95. The molecule has 2 rings (SSSR count). The van der Waals surface area contributed by atoms with Gasteiger partial charge in [0.25, 0.3) is 10.1 Å². The fourth-order valence-electron chi connectivity index (χ4n) is 1.88. The zero-order chi connectivity index (χ0) is 12.6. The Morgan fingerprint density at radius 1 is 1.24 bits per heavy atom. The van der Waals surface area contributed by atoms with E-state index >= 15 is 0 Å². The summed E-state index contributed by atoms with van der Waals surface area (Å²) in [5, 5.41) is 1.15. The number of hydrogen-bond donors (Lipinski definition) is 1. The standard InChI is InChI=1S/C12H11NO3S/c1-8-6-7-10(13-2)9-4-3-5-11(12(8)9)17(14,15)16/h3-7H,2H2,1H3,(H,14,15,16). The van der Waals surface area contributed by atoms with Crippen LogP contribution in [-0.2, 0) is 10.1 Å². The van der Waals surface area contributed by atoms with Crippen LogP contribution in [0.25, 0.3) is 10.8 Å². The Hall–Kier alpha value is -1.72. The second kappa shape index (κ2) is 3.94. The summed E-state index contributed by atoms with van der Waals surface area (Å²) >= 11 is 0. The molecule has 2 aromatic rings.